The van der Waals surface area contributed by atoms with Gasteiger partial charge in [-0.3, -0.25) is 29.0 Å². The zero-order valence-electron chi connectivity index (χ0n) is 5.94. The molecule has 3 rings (SSSR count). The highest BCUT2D eigenvalue weighted by molar-refractivity contribution is 6.55. The molecule has 0 N–H and O–H groups in total. The molecule has 0 aliphatic carbocycles. The highest BCUT2D eigenvalue weighted by Gasteiger charge is 2.49. The van der Waals surface area contributed by atoms with E-state index in [1.54, 1.807) is 0 Å². The Balaban J connectivity index is 2.48. The van der Waals surface area contributed by atoms with Crippen molar-refractivity contribution in [1.82, 2.24) is 9.80 Å². The Bertz CT molecular complexity index is 262. The average Bonchev–Trinajstić information content (AvgIpc) is 2.05. The summed E-state index contributed by atoms with van der Waals surface area (Å²) in [5.74, 6) is -3.59. The van der Waals surface area contributed by atoms with Gasteiger partial charge >= 0.3 is 23.6 Å². The summed E-state index contributed by atoms with van der Waals surface area (Å²) in [5.41, 5.74) is 0. The van der Waals surface area contributed by atoms with Crippen LogP contribution in [0.25, 0.3) is 0 Å². The molecule has 12 heavy (non-hydrogen) atoms. The van der Waals surface area contributed by atoms with Crippen LogP contribution in [-0.4, -0.2) is 46.5 Å². The average molecular weight is 168 g/mol. The number of rotatable bonds is 0. The van der Waals surface area contributed by atoms with Crippen LogP contribution in [0.5, 0.6) is 0 Å². The van der Waals surface area contributed by atoms with Crippen LogP contribution >= 0.6 is 0 Å². The molecule has 6 heteroatoms. The van der Waals surface area contributed by atoms with E-state index in [0.717, 1.165) is 0 Å². The first kappa shape index (κ1) is 6.96. The molecular weight excluding hydrogens is 164 g/mol. The third kappa shape index (κ3) is 0.590. The van der Waals surface area contributed by atoms with Crippen LogP contribution in [0, 0.1) is 0 Å². The molecule has 3 heterocycles. The third-order valence-corrected chi connectivity index (χ3v) is 1.89. The van der Waals surface area contributed by atoms with Crippen molar-refractivity contribution >= 4 is 23.6 Å². The fourth-order valence-corrected chi connectivity index (χ4v) is 1.25. The van der Waals surface area contributed by atoms with E-state index in [-0.39, 0.29) is 13.1 Å². The van der Waals surface area contributed by atoms with E-state index in [0.29, 0.717) is 9.80 Å². The minimum atomic E-state index is -0.897. The standard InChI is InChI=1S/C6H4N2O4/c9-3-5(11)8-2-1-7(3)4(10)6(8)12/h1-2H2. The lowest BCUT2D eigenvalue weighted by Crippen LogP contribution is -2.67. The van der Waals surface area contributed by atoms with Crippen LogP contribution < -0.4 is 0 Å². The van der Waals surface area contributed by atoms with E-state index >= 15 is 0 Å². The fraction of sp³-hybridized carbons (Fsp3) is 0.333. The molecule has 3 saturated heterocycles. The number of piperazine rings is 3. The second-order valence-corrected chi connectivity index (χ2v) is 2.52. The quantitative estimate of drug-likeness (QED) is 0.302. The lowest BCUT2D eigenvalue weighted by molar-refractivity contribution is -0.176. The Morgan fingerprint density at radius 3 is 1.17 bits per heavy atom. The second-order valence-electron chi connectivity index (χ2n) is 2.52. The van der Waals surface area contributed by atoms with Gasteiger partial charge in [0.15, 0.2) is 0 Å². The third-order valence-electron chi connectivity index (χ3n) is 1.89. The van der Waals surface area contributed by atoms with E-state index in [1.165, 1.54) is 0 Å². The summed E-state index contributed by atoms with van der Waals surface area (Å²) in [6, 6.07) is 0. The minimum absolute atomic E-state index is 0.134. The van der Waals surface area contributed by atoms with Gasteiger partial charge in [0, 0.05) is 13.1 Å². The smallest absolute Gasteiger partial charge is 0.264 e. The molecule has 0 radical (unpaired) electrons. The number of imide groups is 2. The van der Waals surface area contributed by atoms with Crippen LogP contribution in [0.15, 0.2) is 0 Å². The number of nitrogens with zero attached hydrogens (tertiary/aromatic N) is 2. The van der Waals surface area contributed by atoms with Crippen molar-refractivity contribution in [2.75, 3.05) is 13.1 Å². The number of fused-ring (bicyclic) bond motifs is 3. The molecule has 62 valence electrons. The number of amides is 4. The predicted molar refractivity (Wildman–Crippen MR) is 33.4 cm³/mol. The van der Waals surface area contributed by atoms with Gasteiger partial charge in [-0.25, -0.2) is 0 Å². The molecular formula is C6H4N2O4. The summed E-state index contributed by atoms with van der Waals surface area (Å²) in [6.07, 6.45) is 0. The van der Waals surface area contributed by atoms with E-state index < -0.39 is 23.6 Å². The largest absolute Gasteiger partial charge is 0.319 e. The van der Waals surface area contributed by atoms with Gasteiger partial charge in [0.25, 0.3) is 0 Å². The molecule has 3 aliphatic heterocycles. The SMILES string of the molecule is O=C1C(=O)N2CCN1C(=O)C2=O. The highest BCUT2D eigenvalue weighted by atomic mass is 16.2. The van der Waals surface area contributed by atoms with Crippen molar-refractivity contribution in [2.24, 2.45) is 0 Å². The van der Waals surface area contributed by atoms with Crippen LogP contribution in [0.4, 0.5) is 0 Å². The molecule has 0 spiro atoms. The zero-order valence-corrected chi connectivity index (χ0v) is 5.94. The first-order chi connectivity index (χ1) is 5.63. The summed E-state index contributed by atoms with van der Waals surface area (Å²) >= 11 is 0. The van der Waals surface area contributed by atoms with Crippen molar-refractivity contribution in [2.45, 2.75) is 0 Å². The maximum absolute atomic E-state index is 10.9. The van der Waals surface area contributed by atoms with Gasteiger partial charge in [0.2, 0.25) is 0 Å². The number of hydrogen-bond donors (Lipinski definition) is 0. The van der Waals surface area contributed by atoms with Crippen LogP contribution in [0.3, 0.4) is 0 Å². The van der Waals surface area contributed by atoms with Gasteiger partial charge in [-0.05, 0) is 0 Å². The lowest BCUT2D eigenvalue weighted by atomic mass is 10.2. The van der Waals surface area contributed by atoms with Gasteiger partial charge in [-0.1, -0.05) is 0 Å². The van der Waals surface area contributed by atoms with Crippen molar-refractivity contribution in [3.05, 3.63) is 0 Å². The Hall–Kier alpha value is -1.72. The Labute approximate surface area is 66.7 Å². The summed E-state index contributed by atoms with van der Waals surface area (Å²) < 4.78 is 0. The van der Waals surface area contributed by atoms with Crippen molar-refractivity contribution in [1.29, 1.82) is 0 Å². The van der Waals surface area contributed by atoms with Gasteiger partial charge in [0.05, 0.1) is 0 Å². The van der Waals surface area contributed by atoms with E-state index in [4.69, 9.17) is 0 Å². The molecule has 0 unspecified atom stereocenters. The van der Waals surface area contributed by atoms with E-state index in [1.807, 2.05) is 0 Å². The van der Waals surface area contributed by atoms with Crippen molar-refractivity contribution in [3.8, 4) is 0 Å². The number of hydrogen-bond acceptors (Lipinski definition) is 4. The van der Waals surface area contributed by atoms with E-state index in [9.17, 15) is 19.2 Å². The summed E-state index contributed by atoms with van der Waals surface area (Å²) in [7, 11) is 0. The Kier molecular flexibility index (Phi) is 1.10. The minimum Gasteiger partial charge on any atom is -0.264 e. The van der Waals surface area contributed by atoms with Gasteiger partial charge in [-0.2, -0.15) is 0 Å². The Morgan fingerprint density at radius 1 is 0.667 bits per heavy atom. The lowest BCUT2D eigenvalue weighted by Gasteiger charge is -2.36. The van der Waals surface area contributed by atoms with Crippen LogP contribution in [-0.2, 0) is 19.2 Å². The molecule has 0 atom stereocenters. The van der Waals surface area contributed by atoms with Crippen LogP contribution in [0.1, 0.15) is 0 Å². The summed E-state index contributed by atoms with van der Waals surface area (Å²) in [5, 5.41) is 0. The van der Waals surface area contributed by atoms with Gasteiger partial charge in [0.1, 0.15) is 0 Å². The Morgan fingerprint density at radius 2 is 0.917 bits per heavy atom. The van der Waals surface area contributed by atoms with Gasteiger partial charge < -0.3 is 0 Å². The molecule has 2 bridgehead atoms. The first-order valence-corrected chi connectivity index (χ1v) is 3.34. The van der Waals surface area contributed by atoms with Crippen molar-refractivity contribution < 1.29 is 19.2 Å². The summed E-state index contributed by atoms with van der Waals surface area (Å²) in [6.45, 7) is 0.268. The molecule has 3 aliphatic rings. The monoisotopic (exact) mass is 168 g/mol. The normalized spacial score (nSPS) is 22.7. The summed E-state index contributed by atoms with van der Waals surface area (Å²) in [4.78, 5) is 45.0. The van der Waals surface area contributed by atoms with Crippen molar-refractivity contribution in [3.63, 3.8) is 0 Å². The topological polar surface area (TPSA) is 74.8 Å². The maximum atomic E-state index is 10.9. The second kappa shape index (κ2) is 1.90. The number of carbonyl (C=O) groups excluding carboxylic acids is 4. The molecule has 3 fully saturated rings. The molecule has 6 nitrogen and oxygen atoms in total. The molecule has 0 saturated carbocycles. The zero-order chi connectivity index (χ0) is 8.88. The molecule has 0 aromatic carbocycles. The molecule has 0 aromatic rings. The predicted octanol–water partition coefficient (Wildman–Crippen LogP) is -2.28. The molecule has 4 amide bonds. The van der Waals surface area contributed by atoms with E-state index in [2.05, 4.69) is 0 Å². The van der Waals surface area contributed by atoms with Crippen LogP contribution in [0.2, 0.25) is 0 Å². The number of carbonyl (C=O) groups is 4. The maximum Gasteiger partial charge on any atom is 0.319 e. The highest BCUT2D eigenvalue weighted by Crippen LogP contribution is 2.13. The fourth-order valence-electron chi connectivity index (χ4n) is 1.25. The first-order valence-electron chi connectivity index (χ1n) is 3.34. The van der Waals surface area contributed by atoms with Gasteiger partial charge in [-0.15, -0.1) is 0 Å². The molecule has 0 aromatic heterocycles.